The molecule has 32 heavy (non-hydrogen) atoms. The van der Waals surface area contributed by atoms with Crippen molar-refractivity contribution >= 4 is 0 Å². The zero-order valence-electron chi connectivity index (χ0n) is 19.6. The van der Waals surface area contributed by atoms with Gasteiger partial charge in [0.15, 0.2) is 17.2 Å². The molecule has 6 heteroatoms. The monoisotopic (exact) mass is 441 g/mol. The van der Waals surface area contributed by atoms with Crippen LogP contribution in [0.4, 0.5) is 0 Å². The van der Waals surface area contributed by atoms with Crippen LogP contribution in [0.15, 0.2) is 36.4 Å². The Kier molecular flexibility index (Phi) is 11.3. The van der Waals surface area contributed by atoms with Crippen LogP contribution in [0, 0.1) is 19.3 Å². The Hall–Kier alpha value is -2.88. The third kappa shape index (κ3) is 8.70. The van der Waals surface area contributed by atoms with Gasteiger partial charge in [0.05, 0.1) is 20.8 Å². The largest absolute Gasteiger partial charge is 0.493 e. The molecule has 0 spiro atoms. The van der Waals surface area contributed by atoms with E-state index in [1.54, 1.807) is 14.2 Å². The number of rotatable bonds is 15. The van der Waals surface area contributed by atoms with Crippen molar-refractivity contribution in [2.24, 2.45) is 0 Å². The molecule has 174 valence electrons. The number of nitrogens with one attached hydrogen (secondary N) is 1. The Morgan fingerprint density at radius 3 is 2.50 bits per heavy atom. The summed E-state index contributed by atoms with van der Waals surface area (Å²) in [6.07, 6.45) is 8.63. The molecule has 2 aromatic rings. The van der Waals surface area contributed by atoms with Crippen molar-refractivity contribution in [2.75, 3.05) is 33.9 Å². The van der Waals surface area contributed by atoms with E-state index in [1.165, 1.54) is 5.56 Å². The minimum Gasteiger partial charge on any atom is -0.493 e. The minimum atomic E-state index is -0.134. The summed E-state index contributed by atoms with van der Waals surface area (Å²) >= 11 is 0. The first-order chi connectivity index (χ1) is 15.6. The second kappa shape index (κ2) is 14.2. The van der Waals surface area contributed by atoms with Crippen LogP contribution in [-0.4, -0.2) is 40.0 Å². The Bertz CT molecular complexity index is 862. The molecule has 0 aliphatic rings. The summed E-state index contributed by atoms with van der Waals surface area (Å²) in [5.74, 6) is 5.37. The average Bonchev–Trinajstić information content (AvgIpc) is 2.81. The number of ether oxygens (including phenoxy) is 3. The molecule has 1 N–H and O–H groups in total. The number of terminal acetylenes is 1. The molecule has 0 aliphatic carbocycles. The highest BCUT2D eigenvalue weighted by Gasteiger charge is 2.10. The fourth-order valence-electron chi connectivity index (χ4n) is 3.05. The fourth-order valence-corrected chi connectivity index (χ4v) is 3.05. The van der Waals surface area contributed by atoms with Gasteiger partial charge >= 0.3 is 0 Å². The maximum absolute atomic E-state index is 5.87. The van der Waals surface area contributed by atoms with E-state index in [-0.39, 0.29) is 6.10 Å². The van der Waals surface area contributed by atoms with Crippen LogP contribution in [-0.2, 0) is 11.3 Å². The lowest BCUT2D eigenvalue weighted by atomic mass is 10.1. The first-order valence-electron chi connectivity index (χ1n) is 11.0. The molecule has 0 bridgehead atoms. The quantitative estimate of drug-likeness (QED) is 0.187. The summed E-state index contributed by atoms with van der Waals surface area (Å²) in [6.45, 7) is 6.02. The molecule has 0 saturated carbocycles. The van der Waals surface area contributed by atoms with Crippen LogP contribution < -0.4 is 24.4 Å². The van der Waals surface area contributed by atoms with E-state index >= 15 is 0 Å². The fraction of sp³-hybridized carbons (Fsp3) is 0.462. The number of aryl methyl sites for hydroxylation is 1. The molecule has 2 rings (SSSR count). The molecule has 1 unspecified atom stereocenters. The van der Waals surface area contributed by atoms with Crippen molar-refractivity contribution in [3.8, 4) is 35.3 Å². The molecule has 0 aliphatic heterocycles. The van der Waals surface area contributed by atoms with E-state index in [0.29, 0.717) is 24.7 Å². The minimum absolute atomic E-state index is 0.134. The number of methoxy groups -OCH3 is 2. The van der Waals surface area contributed by atoms with Crippen LogP contribution in [0.2, 0.25) is 0 Å². The standard InChI is InChI=1S/C26H35NO5/c1-6-7-8-9-16-30-26-17-20(2)10-12-24(26)32-31-21(3)19-27-15-14-22-11-13-23(28-4)25(18-22)29-5/h1,10-13,17-18,21,27H,7-9,14-16,19H2,2-5H3. The Labute approximate surface area is 192 Å². The Balaban J connectivity index is 1.73. The van der Waals surface area contributed by atoms with Crippen molar-refractivity contribution in [2.45, 2.75) is 45.6 Å². The molecule has 2 aromatic carbocycles. The third-order valence-corrected chi connectivity index (χ3v) is 4.84. The predicted molar refractivity (Wildman–Crippen MR) is 127 cm³/mol. The van der Waals surface area contributed by atoms with E-state index in [0.717, 1.165) is 49.3 Å². The van der Waals surface area contributed by atoms with Gasteiger partial charge in [-0.25, -0.2) is 0 Å². The first kappa shape index (κ1) is 25.4. The highest BCUT2D eigenvalue weighted by Crippen LogP contribution is 2.29. The normalized spacial score (nSPS) is 11.5. The van der Waals surface area contributed by atoms with Crippen LogP contribution in [0.25, 0.3) is 0 Å². The average molecular weight is 442 g/mol. The van der Waals surface area contributed by atoms with E-state index in [4.69, 9.17) is 30.4 Å². The summed E-state index contributed by atoms with van der Waals surface area (Å²) < 4.78 is 16.5. The molecule has 0 radical (unpaired) electrons. The zero-order chi connectivity index (χ0) is 23.2. The molecule has 6 nitrogen and oxygen atoms in total. The molecule has 0 aromatic heterocycles. The highest BCUT2D eigenvalue weighted by molar-refractivity contribution is 5.43. The Morgan fingerprint density at radius 1 is 0.969 bits per heavy atom. The van der Waals surface area contributed by atoms with Crippen molar-refractivity contribution < 1.29 is 24.0 Å². The SMILES string of the molecule is C#CCCCCOc1cc(C)ccc1OOC(C)CNCCc1ccc(OC)c(OC)c1. The predicted octanol–water partition coefficient (Wildman–Crippen LogP) is 4.73. The van der Waals surface area contributed by atoms with Crippen LogP contribution in [0.3, 0.4) is 0 Å². The van der Waals surface area contributed by atoms with Gasteiger partial charge in [0.1, 0.15) is 6.10 Å². The van der Waals surface area contributed by atoms with Crippen LogP contribution >= 0.6 is 0 Å². The Morgan fingerprint density at radius 2 is 1.75 bits per heavy atom. The third-order valence-electron chi connectivity index (χ3n) is 4.84. The maximum atomic E-state index is 5.87. The molecule has 0 fully saturated rings. The maximum Gasteiger partial charge on any atom is 0.207 e. The molecule has 1 atom stereocenters. The van der Waals surface area contributed by atoms with Gasteiger partial charge in [-0.15, -0.1) is 12.3 Å². The number of benzene rings is 2. The van der Waals surface area contributed by atoms with Crippen molar-refractivity contribution in [3.63, 3.8) is 0 Å². The van der Waals surface area contributed by atoms with Crippen LogP contribution in [0.5, 0.6) is 23.0 Å². The van der Waals surface area contributed by atoms with E-state index in [1.807, 2.05) is 50.2 Å². The zero-order valence-corrected chi connectivity index (χ0v) is 19.6. The van der Waals surface area contributed by atoms with Gasteiger partial charge in [0, 0.05) is 13.0 Å². The van der Waals surface area contributed by atoms with Crippen molar-refractivity contribution in [3.05, 3.63) is 47.5 Å². The summed E-state index contributed by atoms with van der Waals surface area (Å²) in [5.41, 5.74) is 2.27. The van der Waals surface area contributed by atoms with Gasteiger partial charge in [0.25, 0.3) is 0 Å². The molecular weight excluding hydrogens is 406 g/mol. The molecule has 0 amide bonds. The van der Waals surface area contributed by atoms with Gasteiger partial charge in [-0.1, -0.05) is 12.1 Å². The van der Waals surface area contributed by atoms with E-state index < -0.39 is 0 Å². The molecule has 0 heterocycles. The summed E-state index contributed by atoms with van der Waals surface area (Å²) in [4.78, 5) is 11.1. The van der Waals surface area contributed by atoms with E-state index in [2.05, 4.69) is 11.2 Å². The summed E-state index contributed by atoms with van der Waals surface area (Å²) in [6, 6.07) is 11.7. The van der Waals surface area contributed by atoms with Gasteiger partial charge in [-0.2, -0.15) is 4.89 Å². The van der Waals surface area contributed by atoms with Crippen LogP contribution in [0.1, 0.15) is 37.3 Å². The number of hydrogen-bond acceptors (Lipinski definition) is 6. The smallest absolute Gasteiger partial charge is 0.207 e. The topological polar surface area (TPSA) is 58.2 Å². The van der Waals surface area contributed by atoms with Gasteiger partial charge in [0.2, 0.25) is 5.75 Å². The van der Waals surface area contributed by atoms with Crippen molar-refractivity contribution in [1.82, 2.24) is 5.32 Å². The summed E-state index contributed by atoms with van der Waals surface area (Å²) in [7, 11) is 3.28. The second-order valence-corrected chi connectivity index (χ2v) is 7.59. The molecule has 0 saturated heterocycles. The highest BCUT2D eigenvalue weighted by atomic mass is 17.2. The molecular formula is C26H35NO5. The second-order valence-electron chi connectivity index (χ2n) is 7.59. The summed E-state index contributed by atoms with van der Waals surface area (Å²) in [5, 5.41) is 3.39. The van der Waals surface area contributed by atoms with E-state index in [9.17, 15) is 0 Å². The first-order valence-corrected chi connectivity index (χ1v) is 11.0. The number of hydrogen-bond donors (Lipinski definition) is 1. The van der Waals surface area contributed by atoms with Gasteiger partial charge < -0.3 is 24.4 Å². The van der Waals surface area contributed by atoms with Gasteiger partial charge in [-0.05, 0) is 75.0 Å². The lowest BCUT2D eigenvalue weighted by Crippen LogP contribution is -2.29. The van der Waals surface area contributed by atoms with Crippen molar-refractivity contribution in [1.29, 1.82) is 0 Å². The lowest BCUT2D eigenvalue weighted by Gasteiger charge is -2.16. The lowest BCUT2D eigenvalue weighted by molar-refractivity contribution is -0.239. The van der Waals surface area contributed by atoms with Gasteiger partial charge in [-0.3, -0.25) is 0 Å². The number of unbranched alkanes of at least 4 members (excludes halogenated alkanes) is 2.